The molecule has 3 aromatic carbocycles. The molecule has 1 heterocycles. The summed E-state index contributed by atoms with van der Waals surface area (Å²) in [5.74, 6) is -1.05. The van der Waals surface area contributed by atoms with Crippen LogP contribution in [0.15, 0.2) is 77.3 Å². The van der Waals surface area contributed by atoms with E-state index in [-0.39, 0.29) is 34.2 Å². The van der Waals surface area contributed by atoms with E-state index in [0.717, 1.165) is 0 Å². The molecule has 1 aromatic heterocycles. The zero-order chi connectivity index (χ0) is 21.1. The van der Waals surface area contributed by atoms with E-state index in [4.69, 9.17) is 4.52 Å². The smallest absolute Gasteiger partial charge is 0.292 e. The van der Waals surface area contributed by atoms with Crippen LogP contribution in [0.4, 0.5) is 15.8 Å². The van der Waals surface area contributed by atoms with Gasteiger partial charge in [0.2, 0.25) is 5.82 Å². The van der Waals surface area contributed by atoms with Gasteiger partial charge in [0.25, 0.3) is 17.5 Å². The van der Waals surface area contributed by atoms with E-state index in [1.165, 1.54) is 36.4 Å². The molecule has 0 spiro atoms. The van der Waals surface area contributed by atoms with Crippen molar-refractivity contribution >= 4 is 17.3 Å². The van der Waals surface area contributed by atoms with E-state index in [9.17, 15) is 19.3 Å². The van der Waals surface area contributed by atoms with Crippen molar-refractivity contribution in [1.29, 1.82) is 0 Å². The average Bonchev–Trinajstić information content (AvgIpc) is 3.24. The maximum absolute atomic E-state index is 14.0. The van der Waals surface area contributed by atoms with Gasteiger partial charge in [-0.15, -0.1) is 0 Å². The highest BCUT2D eigenvalue weighted by atomic mass is 19.1. The molecule has 30 heavy (non-hydrogen) atoms. The van der Waals surface area contributed by atoms with Crippen molar-refractivity contribution in [2.24, 2.45) is 0 Å². The number of nitro groups is 1. The number of aromatic nitrogens is 2. The van der Waals surface area contributed by atoms with E-state index >= 15 is 0 Å². The van der Waals surface area contributed by atoms with Crippen molar-refractivity contribution in [3.63, 3.8) is 0 Å². The van der Waals surface area contributed by atoms with E-state index in [0.29, 0.717) is 5.56 Å². The van der Waals surface area contributed by atoms with Gasteiger partial charge in [0.05, 0.1) is 21.6 Å². The SMILES string of the molecule is O=C(Nc1ccccc1[N+](=O)[O-])c1ccccc1-c1nc(-c2ccccc2F)no1. The number of nitro benzene ring substituents is 1. The predicted octanol–water partition coefficient (Wildman–Crippen LogP) is 4.70. The minimum absolute atomic E-state index is 0.0153. The monoisotopic (exact) mass is 404 g/mol. The number of benzene rings is 3. The van der Waals surface area contributed by atoms with E-state index < -0.39 is 16.6 Å². The molecule has 0 atom stereocenters. The van der Waals surface area contributed by atoms with Crippen LogP contribution < -0.4 is 5.32 Å². The van der Waals surface area contributed by atoms with Crippen LogP contribution in [0.2, 0.25) is 0 Å². The number of amides is 1. The molecule has 0 saturated heterocycles. The molecule has 9 heteroatoms. The fourth-order valence-corrected chi connectivity index (χ4v) is 2.88. The Morgan fingerprint density at radius 2 is 1.63 bits per heavy atom. The predicted molar refractivity (Wildman–Crippen MR) is 106 cm³/mol. The minimum atomic E-state index is -0.592. The molecule has 0 unspecified atom stereocenters. The van der Waals surface area contributed by atoms with Crippen LogP contribution in [0.5, 0.6) is 0 Å². The van der Waals surface area contributed by atoms with Crippen LogP contribution in [-0.2, 0) is 0 Å². The Kier molecular flexibility index (Phi) is 5.00. The van der Waals surface area contributed by atoms with Crippen molar-refractivity contribution < 1.29 is 18.6 Å². The number of nitrogens with one attached hydrogen (secondary N) is 1. The molecule has 8 nitrogen and oxygen atoms in total. The number of halogens is 1. The maximum atomic E-state index is 14.0. The third-order valence-electron chi connectivity index (χ3n) is 4.29. The zero-order valence-electron chi connectivity index (χ0n) is 15.3. The maximum Gasteiger partial charge on any atom is 0.292 e. The molecule has 4 aromatic rings. The van der Waals surface area contributed by atoms with Crippen LogP contribution >= 0.6 is 0 Å². The largest absolute Gasteiger partial charge is 0.334 e. The fraction of sp³-hybridized carbons (Fsp3) is 0. The molecule has 4 rings (SSSR count). The molecular weight excluding hydrogens is 391 g/mol. The molecule has 0 fully saturated rings. The number of para-hydroxylation sites is 2. The lowest BCUT2D eigenvalue weighted by Crippen LogP contribution is -2.14. The summed E-state index contributed by atoms with van der Waals surface area (Å²) in [6.45, 7) is 0. The molecule has 0 bridgehead atoms. The first-order valence-corrected chi connectivity index (χ1v) is 8.77. The second-order valence-electron chi connectivity index (χ2n) is 6.18. The molecule has 0 aliphatic rings. The highest BCUT2D eigenvalue weighted by Gasteiger charge is 2.21. The first-order valence-electron chi connectivity index (χ1n) is 8.77. The summed E-state index contributed by atoms with van der Waals surface area (Å²) in [6, 6.07) is 18.2. The molecule has 0 saturated carbocycles. The first kappa shape index (κ1) is 18.9. The lowest BCUT2D eigenvalue weighted by atomic mass is 10.1. The summed E-state index contributed by atoms with van der Waals surface area (Å²) >= 11 is 0. The topological polar surface area (TPSA) is 111 Å². The Bertz CT molecular complexity index is 1260. The number of anilines is 1. The summed E-state index contributed by atoms with van der Waals surface area (Å²) in [6.07, 6.45) is 0. The van der Waals surface area contributed by atoms with Crippen LogP contribution in [0.25, 0.3) is 22.8 Å². The number of hydrogen-bond donors (Lipinski definition) is 1. The standard InChI is InChI=1S/C21H13FN4O4/c22-16-10-4-3-9-15(16)19-24-21(30-25-19)14-8-2-1-7-13(14)20(27)23-17-11-5-6-12-18(17)26(28)29/h1-12H,(H,23,27). The van der Waals surface area contributed by atoms with E-state index in [1.807, 2.05) is 0 Å². The number of carbonyl (C=O) groups excluding carboxylic acids is 1. The molecule has 0 aliphatic carbocycles. The fourth-order valence-electron chi connectivity index (χ4n) is 2.88. The normalized spacial score (nSPS) is 10.6. The lowest BCUT2D eigenvalue weighted by molar-refractivity contribution is -0.383. The Morgan fingerprint density at radius 3 is 2.40 bits per heavy atom. The Balaban J connectivity index is 1.68. The molecule has 0 aliphatic heterocycles. The van der Waals surface area contributed by atoms with Gasteiger partial charge >= 0.3 is 0 Å². The van der Waals surface area contributed by atoms with Crippen LogP contribution in [0, 0.1) is 15.9 Å². The first-order chi connectivity index (χ1) is 14.5. The Morgan fingerprint density at radius 1 is 0.967 bits per heavy atom. The van der Waals surface area contributed by atoms with Gasteiger partial charge in [-0.1, -0.05) is 41.6 Å². The van der Waals surface area contributed by atoms with Crippen LogP contribution in [0.1, 0.15) is 10.4 Å². The number of nitrogens with zero attached hydrogens (tertiary/aromatic N) is 3. The van der Waals surface area contributed by atoms with Gasteiger partial charge in [0, 0.05) is 6.07 Å². The van der Waals surface area contributed by atoms with Gasteiger partial charge in [0.1, 0.15) is 11.5 Å². The Labute approximate surface area is 169 Å². The summed E-state index contributed by atoms with van der Waals surface area (Å²) < 4.78 is 19.2. The summed E-state index contributed by atoms with van der Waals surface area (Å²) in [5, 5.41) is 17.5. The third kappa shape index (κ3) is 3.63. The molecule has 0 radical (unpaired) electrons. The summed E-state index contributed by atoms with van der Waals surface area (Å²) in [5.41, 5.74) is 0.459. The van der Waals surface area contributed by atoms with Gasteiger partial charge in [-0.05, 0) is 30.3 Å². The van der Waals surface area contributed by atoms with Crippen LogP contribution in [0.3, 0.4) is 0 Å². The molecular formula is C21H13FN4O4. The summed E-state index contributed by atoms with van der Waals surface area (Å²) in [7, 11) is 0. The quantitative estimate of drug-likeness (QED) is 0.381. The average molecular weight is 404 g/mol. The highest BCUT2D eigenvalue weighted by molar-refractivity contribution is 6.09. The molecule has 1 amide bonds. The van der Waals surface area contributed by atoms with Gasteiger partial charge in [-0.25, -0.2) is 4.39 Å². The Hall–Kier alpha value is -4.40. The second-order valence-corrected chi connectivity index (χ2v) is 6.18. The zero-order valence-corrected chi connectivity index (χ0v) is 15.3. The number of carbonyl (C=O) groups is 1. The molecule has 1 N–H and O–H groups in total. The number of hydrogen-bond acceptors (Lipinski definition) is 6. The van der Waals surface area contributed by atoms with Crippen molar-refractivity contribution in [2.45, 2.75) is 0 Å². The second kappa shape index (κ2) is 7.92. The molecule has 148 valence electrons. The third-order valence-corrected chi connectivity index (χ3v) is 4.29. The number of rotatable bonds is 5. The van der Waals surface area contributed by atoms with E-state index in [2.05, 4.69) is 15.5 Å². The van der Waals surface area contributed by atoms with Crippen molar-refractivity contribution in [2.75, 3.05) is 5.32 Å². The van der Waals surface area contributed by atoms with E-state index in [1.54, 1.807) is 36.4 Å². The van der Waals surface area contributed by atoms with Gasteiger partial charge in [0.15, 0.2) is 0 Å². The van der Waals surface area contributed by atoms with Gasteiger partial charge < -0.3 is 9.84 Å². The summed E-state index contributed by atoms with van der Waals surface area (Å²) in [4.78, 5) is 27.6. The van der Waals surface area contributed by atoms with Crippen molar-refractivity contribution in [3.05, 3.63) is 94.3 Å². The highest BCUT2D eigenvalue weighted by Crippen LogP contribution is 2.28. The minimum Gasteiger partial charge on any atom is -0.334 e. The van der Waals surface area contributed by atoms with Gasteiger partial charge in [-0.3, -0.25) is 14.9 Å². The van der Waals surface area contributed by atoms with Gasteiger partial charge in [-0.2, -0.15) is 4.98 Å². The lowest BCUT2D eigenvalue weighted by Gasteiger charge is -2.08. The van der Waals surface area contributed by atoms with Crippen molar-refractivity contribution in [3.8, 4) is 22.8 Å². The van der Waals surface area contributed by atoms with Crippen LogP contribution in [-0.4, -0.2) is 21.0 Å². The van der Waals surface area contributed by atoms with Crippen molar-refractivity contribution in [1.82, 2.24) is 10.1 Å².